The van der Waals surface area contributed by atoms with Crippen molar-refractivity contribution in [3.8, 4) is 0 Å². The van der Waals surface area contributed by atoms with Gasteiger partial charge in [0.2, 0.25) is 11.8 Å². The van der Waals surface area contributed by atoms with Crippen molar-refractivity contribution < 1.29 is 19.4 Å². The van der Waals surface area contributed by atoms with Crippen molar-refractivity contribution in [1.82, 2.24) is 0 Å². The average Bonchev–Trinajstić information content (AvgIpc) is 3.04. The smallest absolute Gasteiger partial charge is 0.237 e. The highest BCUT2D eigenvalue weighted by Crippen LogP contribution is 2.38. The van der Waals surface area contributed by atoms with Gasteiger partial charge in [-0.2, -0.15) is 0 Å². The number of piperazine rings is 1. The lowest BCUT2D eigenvalue weighted by Gasteiger charge is -2.29. The second kappa shape index (κ2) is 12.5. The second-order valence-corrected chi connectivity index (χ2v) is 10.7. The summed E-state index contributed by atoms with van der Waals surface area (Å²) in [6.07, 6.45) is 6.10. The quantitative estimate of drug-likeness (QED) is 0.504. The lowest BCUT2D eigenvalue weighted by atomic mass is 9.97. The number of quaternary nitrogens is 2. The van der Waals surface area contributed by atoms with Gasteiger partial charge >= 0.3 is 0 Å². The molecule has 0 aliphatic carbocycles. The number of hydrogen-bond acceptors (Lipinski definition) is 2. The average molecular weight is 493 g/mol. The molecule has 2 aliphatic rings. The number of rotatable bonds is 9. The Bertz CT molecular complexity index is 1040. The van der Waals surface area contributed by atoms with Crippen LogP contribution >= 0.6 is 0 Å². The van der Waals surface area contributed by atoms with Gasteiger partial charge in [0.1, 0.15) is 26.2 Å². The van der Waals surface area contributed by atoms with Gasteiger partial charge in [0, 0.05) is 11.6 Å². The minimum atomic E-state index is 0.0330. The number of nitrogens with one attached hydrogen (secondary N) is 3. The molecule has 0 atom stereocenters. The van der Waals surface area contributed by atoms with Crippen molar-refractivity contribution in [3.05, 3.63) is 53.6 Å². The van der Waals surface area contributed by atoms with Crippen LogP contribution in [0.3, 0.4) is 0 Å². The summed E-state index contributed by atoms with van der Waals surface area (Å²) in [5.74, 6) is 0.264. The molecule has 2 amide bonds. The molecule has 3 N–H and O–H groups in total. The van der Waals surface area contributed by atoms with E-state index in [1.54, 1.807) is 4.90 Å². The molecule has 0 bridgehead atoms. The Hall–Kier alpha value is -2.70. The zero-order valence-electron chi connectivity index (χ0n) is 22.4. The number of likely N-dealkylation sites (N-methyl/N-ethyl adjacent to an activating group) is 1. The first-order valence-corrected chi connectivity index (χ1v) is 14.0. The Balaban J connectivity index is 1.59. The number of aryl methyl sites for hydroxylation is 2. The van der Waals surface area contributed by atoms with Gasteiger partial charge < -0.3 is 15.1 Å². The van der Waals surface area contributed by atoms with Gasteiger partial charge in [0.15, 0.2) is 0 Å². The maximum atomic E-state index is 13.8. The van der Waals surface area contributed by atoms with E-state index in [2.05, 4.69) is 50.5 Å². The Labute approximate surface area is 216 Å². The van der Waals surface area contributed by atoms with Crippen LogP contribution in [0.4, 0.5) is 17.1 Å². The van der Waals surface area contributed by atoms with E-state index in [-0.39, 0.29) is 17.7 Å². The predicted octanol–water partition coefficient (Wildman–Crippen LogP) is 2.41. The maximum absolute atomic E-state index is 13.8. The van der Waals surface area contributed by atoms with Gasteiger partial charge in [-0.05, 0) is 55.0 Å². The summed E-state index contributed by atoms with van der Waals surface area (Å²) in [5, 5.41) is 3.17. The topological polar surface area (TPSA) is 58.3 Å². The van der Waals surface area contributed by atoms with Gasteiger partial charge in [-0.3, -0.25) is 14.5 Å². The van der Waals surface area contributed by atoms with Crippen molar-refractivity contribution in [2.45, 2.75) is 58.8 Å². The Kier molecular flexibility index (Phi) is 9.16. The molecule has 0 spiro atoms. The van der Waals surface area contributed by atoms with Crippen molar-refractivity contribution in [3.63, 3.8) is 0 Å². The zero-order valence-corrected chi connectivity index (χ0v) is 22.4. The van der Waals surface area contributed by atoms with Crippen LogP contribution in [0.15, 0.2) is 42.5 Å². The number of fused-ring (bicyclic) bond motifs is 2. The minimum absolute atomic E-state index is 0.0330. The normalized spacial score (nSPS) is 19.4. The molecule has 194 valence electrons. The second-order valence-electron chi connectivity index (χ2n) is 10.7. The predicted molar refractivity (Wildman–Crippen MR) is 146 cm³/mol. The molecule has 2 heterocycles. The van der Waals surface area contributed by atoms with Crippen molar-refractivity contribution >= 4 is 28.9 Å². The third-order valence-electron chi connectivity index (χ3n) is 7.89. The summed E-state index contributed by atoms with van der Waals surface area (Å²) in [4.78, 5) is 31.9. The van der Waals surface area contributed by atoms with Crippen molar-refractivity contribution in [2.75, 3.05) is 50.0 Å². The fraction of sp³-hybridized carbons (Fsp3) is 0.533. The van der Waals surface area contributed by atoms with Gasteiger partial charge in [-0.15, -0.1) is 0 Å². The molecule has 0 saturated carbocycles. The number of hydrogen-bond donors (Lipinski definition) is 3. The molecule has 2 aliphatic heterocycles. The first kappa shape index (κ1) is 26.4. The molecule has 4 rings (SSSR count). The number of para-hydroxylation sites is 1. The number of benzene rings is 2. The van der Waals surface area contributed by atoms with Crippen LogP contribution in [-0.4, -0.2) is 51.6 Å². The lowest BCUT2D eigenvalue weighted by molar-refractivity contribution is -1.00. The van der Waals surface area contributed by atoms with E-state index in [1.807, 2.05) is 23.1 Å². The van der Waals surface area contributed by atoms with E-state index in [0.717, 1.165) is 80.8 Å². The molecule has 2 aromatic rings. The summed E-state index contributed by atoms with van der Waals surface area (Å²) in [6.45, 7) is 9.71. The monoisotopic (exact) mass is 492 g/mol. The van der Waals surface area contributed by atoms with E-state index in [9.17, 15) is 9.59 Å². The van der Waals surface area contributed by atoms with Gasteiger partial charge in [0.05, 0.1) is 31.4 Å². The fourth-order valence-electron chi connectivity index (χ4n) is 5.69. The summed E-state index contributed by atoms with van der Waals surface area (Å²) >= 11 is 0. The van der Waals surface area contributed by atoms with Crippen LogP contribution in [0.25, 0.3) is 0 Å². The summed E-state index contributed by atoms with van der Waals surface area (Å²) in [5.41, 5.74) is 5.04. The lowest BCUT2D eigenvalue weighted by Crippen LogP contribution is -3.27. The molecule has 2 aromatic carbocycles. The number of carbonyl (C=O) groups excluding carboxylic acids is 2. The molecule has 6 nitrogen and oxygen atoms in total. The van der Waals surface area contributed by atoms with Crippen LogP contribution in [0.1, 0.15) is 57.1 Å². The summed E-state index contributed by atoms with van der Waals surface area (Å²) in [6, 6.07) is 14.4. The third kappa shape index (κ3) is 6.34. The molecular weight excluding hydrogens is 448 g/mol. The molecule has 1 fully saturated rings. The third-order valence-corrected chi connectivity index (χ3v) is 7.89. The Morgan fingerprint density at radius 2 is 1.58 bits per heavy atom. The van der Waals surface area contributed by atoms with E-state index >= 15 is 0 Å². The van der Waals surface area contributed by atoms with Gasteiger partial charge in [-0.1, -0.05) is 51.0 Å². The first-order chi connectivity index (χ1) is 17.5. The highest BCUT2D eigenvalue weighted by Gasteiger charge is 2.28. The van der Waals surface area contributed by atoms with E-state index in [1.165, 1.54) is 23.6 Å². The van der Waals surface area contributed by atoms with Crippen LogP contribution in [0.5, 0.6) is 0 Å². The number of nitrogens with zero attached hydrogens (tertiary/aromatic N) is 1. The van der Waals surface area contributed by atoms with E-state index in [4.69, 9.17) is 0 Å². The molecule has 0 aromatic heterocycles. The number of carbonyl (C=O) groups is 2. The SMILES string of the molecule is CCCC(CCC)C(=O)Nc1ccc2c(c1)N(C(=O)CC[NH+]1CC[NH+](C)CC1)c1ccccc1CC2. The van der Waals surface area contributed by atoms with E-state index < -0.39 is 0 Å². The van der Waals surface area contributed by atoms with Crippen molar-refractivity contribution in [2.24, 2.45) is 5.92 Å². The highest BCUT2D eigenvalue weighted by atomic mass is 16.2. The van der Waals surface area contributed by atoms with E-state index in [0.29, 0.717) is 6.42 Å². The van der Waals surface area contributed by atoms with Gasteiger partial charge in [0.25, 0.3) is 0 Å². The number of anilines is 3. The molecule has 0 radical (unpaired) electrons. The molecule has 0 unspecified atom stereocenters. The molecule has 36 heavy (non-hydrogen) atoms. The molecule has 1 saturated heterocycles. The van der Waals surface area contributed by atoms with Crippen molar-refractivity contribution in [1.29, 1.82) is 0 Å². The number of amides is 2. The Morgan fingerprint density at radius 3 is 2.28 bits per heavy atom. The summed E-state index contributed by atoms with van der Waals surface area (Å²) < 4.78 is 0. The van der Waals surface area contributed by atoms with Crippen LogP contribution < -0.4 is 20.0 Å². The summed E-state index contributed by atoms with van der Waals surface area (Å²) in [7, 11) is 2.25. The zero-order chi connectivity index (χ0) is 25.5. The largest absolute Gasteiger partial charge is 0.328 e. The Morgan fingerprint density at radius 1 is 0.917 bits per heavy atom. The van der Waals surface area contributed by atoms with Crippen LogP contribution in [-0.2, 0) is 22.4 Å². The molecule has 6 heteroatoms. The van der Waals surface area contributed by atoms with Crippen LogP contribution in [0, 0.1) is 5.92 Å². The van der Waals surface area contributed by atoms with Crippen LogP contribution in [0.2, 0.25) is 0 Å². The minimum Gasteiger partial charge on any atom is -0.328 e. The first-order valence-electron chi connectivity index (χ1n) is 14.0. The standard InChI is InChI=1S/C30H42N4O2/c1-4-8-25(9-5-2)30(36)31-26-15-14-24-13-12-23-10-6-7-11-27(23)34(28(24)22-26)29(35)16-17-33-20-18-32(3)19-21-33/h6-7,10-11,14-15,22,25H,4-5,8-9,12-13,16-21H2,1-3H3,(H,31,36)/p+2. The fourth-order valence-corrected chi connectivity index (χ4v) is 5.69. The molecular formula is C30H44N4O2+2. The van der Waals surface area contributed by atoms with Gasteiger partial charge in [-0.25, -0.2) is 0 Å². The maximum Gasteiger partial charge on any atom is 0.237 e. The highest BCUT2D eigenvalue weighted by molar-refractivity contribution is 6.03.